The summed E-state index contributed by atoms with van der Waals surface area (Å²) in [4.78, 5) is 17.8. The summed E-state index contributed by atoms with van der Waals surface area (Å²) in [5.74, 6) is 1.31. The Kier molecular flexibility index (Phi) is 8.69. The molecule has 0 aliphatic rings. The van der Waals surface area contributed by atoms with Gasteiger partial charge < -0.3 is 15.5 Å². The molecule has 0 aliphatic heterocycles. The molecule has 0 saturated carbocycles. The third-order valence-corrected chi connectivity index (χ3v) is 3.78. The monoisotopic (exact) mass is 382 g/mol. The molecule has 0 atom stereocenters. The number of guanidine groups is 1. The summed E-state index contributed by atoms with van der Waals surface area (Å²) in [6, 6.07) is 8.06. The van der Waals surface area contributed by atoms with Gasteiger partial charge in [-0.3, -0.25) is 4.79 Å². The number of halogens is 1. The quantitative estimate of drug-likeness (QED) is 0.562. The molecule has 1 aromatic rings. The van der Waals surface area contributed by atoms with E-state index in [0.717, 1.165) is 23.0 Å². The number of benzene rings is 1. The van der Waals surface area contributed by atoms with Crippen molar-refractivity contribution in [1.29, 1.82) is 0 Å². The standard InChI is InChI=1S/C17H27BrN4O/c1-13(2)9-10-19-17(21-12-16(23)22(3)4)20-11-14-5-7-15(18)8-6-14/h5-8,13H,9-12H2,1-4H3,(H2,19,20,21). The van der Waals surface area contributed by atoms with E-state index >= 15 is 0 Å². The molecule has 0 spiro atoms. The molecule has 0 saturated heterocycles. The fourth-order valence-electron chi connectivity index (χ4n) is 1.73. The van der Waals surface area contributed by atoms with Gasteiger partial charge in [0.2, 0.25) is 5.91 Å². The van der Waals surface area contributed by atoms with Gasteiger partial charge in [-0.1, -0.05) is 41.9 Å². The van der Waals surface area contributed by atoms with E-state index in [-0.39, 0.29) is 12.5 Å². The molecule has 0 unspecified atom stereocenters. The van der Waals surface area contributed by atoms with Crippen LogP contribution in [0.4, 0.5) is 0 Å². The zero-order valence-corrected chi connectivity index (χ0v) is 16.0. The van der Waals surface area contributed by atoms with Crippen LogP contribution in [-0.4, -0.2) is 44.0 Å². The maximum absolute atomic E-state index is 11.7. The maximum atomic E-state index is 11.7. The molecule has 1 amide bonds. The minimum absolute atomic E-state index is 0.0204. The number of nitrogens with zero attached hydrogens (tertiary/aromatic N) is 2. The predicted molar refractivity (Wildman–Crippen MR) is 99.4 cm³/mol. The maximum Gasteiger partial charge on any atom is 0.241 e. The Morgan fingerprint density at radius 1 is 1.22 bits per heavy atom. The van der Waals surface area contributed by atoms with Crippen molar-refractivity contribution < 1.29 is 4.79 Å². The van der Waals surface area contributed by atoms with Gasteiger partial charge in [0.1, 0.15) is 0 Å². The zero-order chi connectivity index (χ0) is 17.2. The minimum atomic E-state index is 0.0204. The van der Waals surface area contributed by atoms with Crippen LogP contribution in [0.5, 0.6) is 0 Å². The van der Waals surface area contributed by atoms with E-state index in [1.165, 1.54) is 0 Å². The normalized spacial score (nSPS) is 11.5. The van der Waals surface area contributed by atoms with Gasteiger partial charge in [-0.25, -0.2) is 4.99 Å². The van der Waals surface area contributed by atoms with Crippen LogP contribution in [0.15, 0.2) is 33.7 Å². The Bertz CT molecular complexity index is 512. The fourth-order valence-corrected chi connectivity index (χ4v) is 2.00. The van der Waals surface area contributed by atoms with Crippen molar-refractivity contribution in [2.75, 3.05) is 27.2 Å². The zero-order valence-electron chi connectivity index (χ0n) is 14.4. The van der Waals surface area contributed by atoms with Gasteiger partial charge in [0.05, 0.1) is 13.1 Å². The van der Waals surface area contributed by atoms with Gasteiger partial charge in [-0.05, 0) is 30.0 Å². The van der Waals surface area contributed by atoms with Crippen molar-refractivity contribution in [3.63, 3.8) is 0 Å². The van der Waals surface area contributed by atoms with Crippen LogP contribution in [0.2, 0.25) is 0 Å². The van der Waals surface area contributed by atoms with Crippen molar-refractivity contribution >= 4 is 27.8 Å². The first-order chi connectivity index (χ1) is 10.9. The van der Waals surface area contributed by atoms with Crippen LogP contribution >= 0.6 is 15.9 Å². The molecule has 1 rings (SSSR count). The third-order valence-electron chi connectivity index (χ3n) is 3.25. The van der Waals surface area contributed by atoms with Gasteiger partial charge in [-0.15, -0.1) is 0 Å². The first-order valence-electron chi connectivity index (χ1n) is 7.85. The van der Waals surface area contributed by atoms with E-state index < -0.39 is 0 Å². The average Bonchev–Trinajstić information content (AvgIpc) is 2.50. The molecule has 5 nitrogen and oxygen atoms in total. The van der Waals surface area contributed by atoms with E-state index in [9.17, 15) is 4.79 Å². The highest BCUT2D eigenvalue weighted by Gasteiger charge is 2.06. The molecule has 0 radical (unpaired) electrons. The molecular formula is C17H27BrN4O. The van der Waals surface area contributed by atoms with Gasteiger partial charge in [-0.2, -0.15) is 0 Å². The van der Waals surface area contributed by atoms with Crippen molar-refractivity contribution in [2.45, 2.75) is 26.8 Å². The molecule has 1 aromatic carbocycles. The van der Waals surface area contributed by atoms with Crippen LogP contribution in [0.1, 0.15) is 25.8 Å². The molecular weight excluding hydrogens is 356 g/mol. The largest absolute Gasteiger partial charge is 0.356 e. The highest BCUT2D eigenvalue weighted by molar-refractivity contribution is 9.10. The first kappa shape index (κ1) is 19.5. The highest BCUT2D eigenvalue weighted by atomic mass is 79.9. The lowest BCUT2D eigenvalue weighted by atomic mass is 10.1. The summed E-state index contributed by atoms with van der Waals surface area (Å²) in [5, 5.41) is 6.38. The highest BCUT2D eigenvalue weighted by Crippen LogP contribution is 2.11. The lowest BCUT2D eigenvalue weighted by Gasteiger charge is -2.15. The number of carbonyl (C=O) groups excluding carboxylic acids is 1. The van der Waals surface area contributed by atoms with Crippen LogP contribution < -0.4 is 10.6 Å². The second-order valence-corrected chi connectivity index (χ2v) is 6.96. The predicted octanol–water partition coefficient (Wildman–Crippen LogP) is 2.62. The summed E-state index contributed by atoms with van der Waals surface area (Å²) in [7, 11) is 3.49. The summed E-state index contributed by atoms with van der Waals surface area (Å²) < 4.78 is 1.05. The van der Waals surface area contributed by atoms with Crippen molar-refractivity contribution in [1.82, 2.24) is 15.5 Å². The fraction of sp³-hybridized carbons (Fsp3) is 0.529. The Morgan fingerprint density at radius 2 is 1.87 bits per heavy atom. The number of rotatable bonds is 7. The number of hydrogen-bond acceptors (Lipinski definition) is 2. The van der Waals surface area contributed by atoms with E-state index in [1.807, 2.05) is 24.3 Å². The Morgan fingerprint density at radius 3 is 2.43 bits per heavy atom. The molecule has 0 fully saturated rings. The molecule has 2 N–H and O–H groups in total. The average molecular weight is 383 g/mol. The van der Waals surface area contributed by atoms with E-state index in [2.05, 4.69) is 45.4 Å². The molecule has 0 bridgehead atoms. The molecule has 128 valence electrons. The summed E-state index contributed by atoms with van der Waals surface area (Å²) in [5.41, 5.74) is 1.12. The van der Waals surface area contributed by atoms with E-state index in [4.69, 9.17) is 0 Å². The van der Waals surface area contributed by atoms with Gasteiger partial charge in [0.15, 0.2) is 5.96 Å². The van der Waals surface area contributed by atoms with E-state index in [0.29, 0.717) is 18.4 Å². The van der Waals surface area contributed by atoms with Gasteiger partial charge in [0.25, 0.3) is 0 Å². The summed E-state index contributed by atoms with van der Waals surface area (Å²) >= 11 is 3.42. The van der Waals surface area contributed by atoms with Crippen molar-refractivity contribution in [2.24, 2.45) is 10.9 Å². The number of aliphatic imine (C=N–C) groups is 1. The number of nitrogens with one attached hydrogen (secondary N) is 2. The lowest BCUT2D eigenvalue weighted by Crippen LogP contribution is -2.43. The first-order valence-corrected chi connectivity index (χ1v) is 8.64. The lowest BCUT2D eigenvalue weighted by molar-refractivity contribution is -0.127. The smallest absolute Gasteiger partial charge is 0.241 e. The molecule has 0 aromatic heterocycles. The van der Waals surface area contributed by atoms with Gasteiger partial charge in [0, 0.05) is 25.1 Å². The molecule has 0 aliphatic carbocycles. The second kappa shape index (κ2) is 10.3. The molecule has 0 heterocycles. The summed E-state index contributed by atoms with van der Waals surface area (Å²) in [6.07, 6.45) is 1.06. The summed E-state index contributed by atoms with van der Waals surface area (Å²) in [6.45, 7) is 6.01. The van der Waals surface area contributed by atoms with Crippen LogP contribution in [-0.2, 0) is 11.3 Å². The number of carbonyl (C=O) groups is 1. The topological polar surface area (TPSA) is 56.7 Å². The number of hydrogen-bond donors (Lipinski definition) is 2. The number of likely N-dealkylation sites (N-methyl/N-ethyl adjacent to an activating group) is 1. The molecule has 6 heteroatoms. The Balaban J connectivity index is 2.62. The Hall–Kier alpha value is -1.56. The van der Waals surface area contributed by atoms with E-state index in [1.54, 1.807) is 19.0 Å². The van der Waals surface area contributed by atoms with Gasteiger partial charge >= 0.3 is 0 Å². The minimum Gasteiger partial charge on any atom is -0.356 e. The SMILES string of the molecule is CC(C)CCNC(=NCc1ccc(Br)cc1)NCC(=O)N(C)C. The molecule has 23 heavy (non-hydrogen) atoms. The van der Waals surface area contributed by atoms with Crippen LogP contribution in [0, 0.1) is 5.92 Å². The van der Waals surface area contributed by atoms with Crippen LogP contribution in [0.25, 0.3) is 0 Å². The number of amides is 1. The Labute approximate surface area is 147 Å². The van der Waals surface area contributed by atoms with Crippen molar-refractivity contribution in [3.05, 3.63) is 34.3 Å². The third kappa shape index (κ3) is 8.59. The second-order valence-electron chi connectivity index (χ2n) is 6.04. The van der Waals surface area contributed by atoms with Crippen molar-refractivity contribution in [3.8, 4) is 0 Å². The van der Waals surface area contributed by atoms with Crippen LogP contribution in [0.3, 0.4) is 0 Å².